The third-order valence-corrected chi connectivity index (χ3v) is 9.49. The summed E-state index contributed by atoms with van der Waals surface area (Å²) >= 11 is 0. The summed E-state index contributed by atoms with van der Waals surface area (Å²) in [7, 11) is -3.53. The quantitative estimate of drug-likeness (QED) is 0.653. The van der Waals surface area contributed by atoms with Crippen LogP contribution < -0.4 is 5.32 Å². The van der Waals surface area contributed by atoms with Crippen LogP contribution in [0.1, 0.15) is 48.4 Å². The number of carbonyl (C=O) groups is 1. The van der Waals surface area contributed by atoms with E-state index in [2.05, 4.69) is 41.4 Å². The highest BCUT2D eigenvalue weighted by atomic mass is 32.2. The number of piperidine rings is 1. The number of rotatable bonds is 7. The van der Waals surface area contributed by atoms with Crippen LogP contribution in [0.25, 0.3) is 0 Å². The molecule has 2 heterocycles. The van der Waals surface area contributed by atoms with E-state index in [1.54, 1.807) is 6.07 Å². The first-order valence-corrected chi connectivity index (χ1v) is 13.9. The average Bonchev–Trinajstić information content (AvgIpc) is 2.84. The Morgan fingerprint density at radius 1 is 1.06 bits per heavy atom. The van der Waals surface area contributed by atoms with Gasteiger partial charge in [0.2, 0.25) is 15.9 Å². The van der Waals surface area contributed by atoms with E-state index in [-0.39, 0.29) is 11.8 Å². The summed E-state index contributed by atoms with van der Waals surface area (Å²) in [5, 5.41) is 3.18. The van der Waals surface area contributed by atoms with Crippen molar-refractivity contribution in [2.75, 3.05) is 26.2 Å². The lowest BCUT2D eigenvalue weighted by molar-refractivity contribution is -0.126. The first-order valence-electron chi connectivity index (χ1n) is 12.5. The smallest absolute Gasteiger partial charge is 0.243 e. The van der Waals surface area contributed by atoms with E-state index >= 15 is 0 Å². The fraction of sp³-hybridized carbons (Fsp3) is 0.519. The van der Waals surface area contributed by atoms with Crippen molar-refractivity contribution in [3.8, 4) is 0 Å². The second-order valence-electron chi connectivity index (χ2n) is 9.74. The molecule has 0 bridgehead atoms. The Morgan fingerprint density at radius 3 is 2.44 bits per heavy atom. The number of aryl methyl sites for hydroxylation is 2. The van der Waals surface area contributed by atoms with Gasteiger partial charge in [-0.2, -0.15) is 4.31 Å². The highest BCUT2D eigenvalue weighted by Crippen LogP contribution is 2.27. The van der Waals surface area contributed by atoms with E-state index in [1.807, 2.05) is 26.0 Å². The lowest BCUT2D eigenvalue weighted by Gasteiger charge is -2.36. The maximum atomic E-state index is 13.1. The van der Waals surface area contributed by atoms with Crippen LogP contribution in [0.5, 0.6) is 0 Å². The molecule has 1 amide bonds. The van der Waals surface area contributed by atoms with Crippen molar-refractivity contribution in [3.05, 3.63) is 64.7 Å². The fourth-order valence-corrected chi connectivity index (χ4v) is 6.99. The highest BCUT2D eigenvalue weighted by Gasteiger charge is 2.33. The summed E-state index contributed by atoms with van der Waals surface area (Å²) in [6.07, 6.45) is 3.15. The fourth-order valence-electron chi connectivity index (χ4n) is 5.31. The first-order chi connectivity index (χ1) is 16.3. The van der Waals surface area contributed by atoms with E-state index in [0.717, 1.165) is 37.1 Å². The van der Waals surface area contributed by atoms with Gasteiger partial charge in [-0.3, -0.25) is 9.69 Å². The van der Waals surface area contributed by atoms with Gasteiger partial charge in [0.05, 0.1) is 4.90 Å². The van der Waals surface area contributed by atoms with Gasteiger partial charge in [0, 0.05) is 44.7 Å². The molecule has 2 aliphatic rings. The van der Waals surface area contributed by atoms with Crippen LogP contribution in [0.4, 0.5) is 0 Å². The topological polar surface area (TPSA) is 69.7 Å². The van der Waals surface area contributed by atoms with Crippen LogP contribution >= 0.6 is 0 Å². The molecule has 2 aromatic rings. The van der Waals surface area contributed by atoms with Crippen LogP contribution in [-0.4, -0.2) is 55.8 Å². The van der Waals surface area contributed by atoms with Gasteiger partial charge in [-0.05, 0) is 62.3 Å². The Labute approximate surface area is 204 Å². The van der Waals surface area contributed by atoms with Gasteiger partial charge in [-0.25, -0.2) is 8.42 Å². The SMILES string of the molecule is CCC(CNC(=O)C1CCN(S(=O)(=O)c2ccc(C)cc2C)CC1)N1CCc2ccccc2C1. The molecule has 4 rings (SSSR count). The normalized spacial score (nSPS) is 18.9. The highest BCUT2D eigenvalue weighted by molar-refractivity contribution is 7.89. The van der Waals surface area contributed by atoms with E-state index in [1.165, 1.54) is 15.4 Å². The van der Waals surface area contributed by atoms with Crippen molar-refractivity contribution in [2.45, 2.75) is 63.9 Å². The molecule has 0 aromatic heterocycles. The van der Waals surface area contributed by atoms with E-state index in [9.17, 15) is 13.2 Å². The van der Waals surface area contributed by atoms with Gasteiger partial charge in [0.1, 0.15) is 0 Å². The Kier molecular flexibility index (Phi) is 7.75. The van der Waals surface area contributed by atoms with Gasteiger partial charge in [-0.1, -0.05) is 48.9 Å². The average molecular weight is 484 g/mol. The second-order valence-corrected chi connectivity index (χ2v) is 11.7. The number of amides is 1. The van der Waals surface area contributed by atoms with E-state index < -0.39 is 10.0 Å². The van der Waals surface area contributed by atoms with Crippen LogP contribution in [-0.2, 0) is 27.8 Å². The van der Waals surface area contributed by atoms with E-state index in [0.29, 0.717) is 43.4 Å². The molecule has 6 nitrogen and oxygen atoms in total. The van der Waals surface area contributed by atoms with Gasteiger partial charge < -0.3 is 5.32 Å². The van der Waals surface area contributed by atoms with Crippen molar-refractivity contribution in [1.82, 2.24) is 14.5 Å². The largest absolute Gasteiger partial charge is 0.354 e. The lowest BCUT2D eigenvalue weighted by atomic mass is 9.96. The molecule has 7 heteroatoms. The van der Waals surface area contributed by atoms with E-state index in [4.69, 9.17) is 0 Å². The molecule has 184 valence electrons. The molecule has 2 aromatic carbocycles. The molecule has 0 aliphatic carbocycles. The van der Waals surface area contributed by atoms with Crippen molar-refractivity contribution in [3.63, 3.8) is 0 Å². The number of hydrogen-bond acceptors (Lipinski definition) is 4. The maximum absolute atomic E-state index is 13.1. The van der Waals surface area contributed by atoms with Crippen LogP contribution in [0.15, 0.2) is 47.4 Å². The van der Waals surface area contributed by atoms with Crippen molar-refractivity contribution >= 4 is 15.9 Å². The van der Waals surface area contributed by atoms with Gasteiger partial charge in [0.25, 0.3) is 0 Å². The van der Waals surface area contributed by atoms with Crippen molar-refractivity contribution in [1.29, 1.82) is 0 Å². The standard InChI is InChI=1S/C27H37N3O3S/c1-4-25(29-14-11-22-7-5-6-8-24(22)19-29)18-28-27(31)23-12-15-30(16-13-23)34(32,33)26-10-9-20(2)17-21(26)3/h5-10,17,23,25H,4,11-16,18-19H2,1-3H3,(H,28,31). The van der Waals surface area contributed by atoms with Crippen molar-refractivity contribution < 1.29 is 13.2 Å². The minimum Gasteiger partial charge on any atom is -0.354 e. The molecule has 0 saturated carbocycles. The lowest BCUT2D eigenvalue weighted by Crippen LogP contribution is -2.48. The Bertz CT molecular complexity index is 1120. The molecule has 1 atom stereocenters. The summed E-state index contributed by atoms with van der Waals surface area (Å²) in [6.45, 7) is 9.32. The van der Waals surface area contributed by atoms with Gasteiger partial charge in [0.15, 0.2) is 0 Å². The second kappa shape index (κ2) is 10.6. The predicted molar refractivity (Wildman–Crippen MR) is 135 cm³/mol. The number of benzene rings is 2. The molecule has 1 N–H and O–H groups in total. The molecule has 1 unspecified atom stereocenters. The molecule has 0 radical (unpaired) electrons. The summed E-state index contributed by atoms with van der Waals surface area (Å²) in [5.74, 6) is -0.0791. The Hall–Kier alpha value is -2.22. The zero-order valence-electron chi connectivity index (χ0n) is 20.6. The minimum atomic E-state index is -3.53. The zero-order valence-corrected chi connectivity index (χ0v) is 21.4. The minimum absolute atomic E-state index is 0.0550. The molecule has 0 spiro atoms. The molecule has 34 heavy (non-hydrogen) atoms. The molecule has 1 fully saturated rings. The number of hydrogen-bond donors (Lipinski definition) is 1. The molecule has 2 aliphatic heterocycles. The third kappa shape index (κ3) is 5.37. The first kappa shape index (κ1) is 24.9. The number of nitrogens with zero attached hydrogens (tertiary/aromatic N) is 2. The Balaban J connectivity index is 1.29. The molecular formula is C27H37N3O3S. The summed E-state index contributed by atoms with van der Waals surface area (Å²) in [5.41, 5.74) is 4.63. The molecule has 1 saturated heterocycles. The Morgan fingerprint density at radius 2 is 1.76 bits per heavy atom. The van der Waals surface area contributed by atoms with Crippen LogP contribution in [0.3, 0.4) is 0 Å². The van der Waals surface area contributed by atoms with Crippen LogP contribution in [0.2, 0.25) is 0 Å². The van der Waals surface area contributed by atoms with Crippen LogP contribution in [0, 0.1) is 19.8 Å². The van der Waals surface area contributed by atoms with Crippen molar-refractivity contribution in [2.24, 2.45) is 5.92 Å². The number of sulfonamides is 1. The van der Waals surface area contributed by atoms with Gasteiger partial charge in [-0.15, -0.1) is 0 Å². The monoisotopic (exact) mass is 483 g/mol. The maximum Gasteiger partial charge on any atom is 0.243 e. The number of nitrogens with one attached hydrogen (secondary N) is 1. The predicted octanol–water partition coefficient (Wildman–Crippen LogP) is 3.66. The summed E-state index contributed by atoms with van der Waals surface area (Å²) < 4.78 is 27.8. The number of carbonyl (C=O) groups excluding carboxylic acids is 1. The third-order valence-electron chi connectivity index (χ3n) is 7.43. The number of fused-ring (bicyclic) bond motifs is 1. The summed E-state index contributed by atoms with van der Waals surface area (Å²) in [6, 6.07) is 14.4. The summed E-state index contributed by atoms with van der Waals surface area (Å²) in [4.78, 5) is 15.8. The zero-order chi connectivity index (χ0) is 24.3. The molecular weight excluding hydrogens is 446 g/mol. The van der Waals surface area contributed by atoms with Gasteiger partial charge >= 0.3 is 0 Å².